The highest BCUT2D eigenvalue weighted by Gasteiger charge is 2.30. The fourth-order valence-electron chi connectivity index (χ4n) is 5.40. The van der Waals surface area contributed by atoms with E-state index in [9.17, 15) is 13.6 Å². The van der Waals surface area contributed by atoms with Gasteiger partial charge in [0.1, 0.15) is 5.82 Å². The van der Waals surface area contributed by atoms with Crippen molar-refractivity contribution in [1.82, 2.24) is 34.2 Å². The molecule has 6 heterocycles. The van der Waals surface area contributed by atoms with E-state index in [4.69, 9.17) is 9.15 Å². The summed E-state index contributed by atoms with van der Waals surface area (Å²) in [7, 11) is 0. The third kappa shape index (κ3) is 4.71. The van der Waals surface area contributed by atoms with E-state index in [1.165, 1.54) is 21.4 Å². The molecule has 2 aliphatic rings. The van der Waals surface area contributed by atoms with Gasteiger partial charge < -0.3 is 14.1 Å². The van der Waals surface area contributed by atoms with Crippen molar-refractivity contribution < 1.29 is 22.3 Å². The quantitative estimate of drug-likeness (QED) is 0.288. The summed E-state index contributed by atoms with van der Waals surface area (Å²) in [5.41, 5.74) is 2.39. The van der Waals surface area contributed by atoms with Crippen molar-refractivity contribution in [2.24, 2.45) is 0 Å². The first-order valence-corrected chi connectivity index (χ1v) is 13.4. The Morgan fingerprint density at radius 1 is 1.00 bits per heavy atom. The third-order valence-electron chi connectivity index (χ3n) is 7.71. The van der Waals surface area contributed by atoms with Crippen LogP contribution in [0.4, 0.5) is 18.9 Å². The van der Waals surface area contributed by atoms with Crippen LogP contribution < -0.4 is 10.6 Å². The normalized spacial score (nSPS) is 16.4. The molecule has 1 aromatic carbocycles. The minimum atomic E-state index is -2.88. The highest BCUT2D eigenvalue weighted by atomic mass is 19.3. The number of imidazole rings is 1. The lowest BCUT2D eigenvalue weighted by molar-refractivity contribution is -0.0660. The molecule has 11 nitrogen and oxygen atoms in total. The number of hydrogen-bond acceptors (Lipinski definition) is 9. The first kappa shape index (κ1) is 26.3. The van der Waals surface area contributed by atoms with Gasteiger partial charge in [-0.1, -0.05) is 0 Å². The Morgan fingerprint density at radius 3 is 2.48 bits per heavy atom. The number of pyridine rings is 2. The number of piperazine rings is 1. The van der Waals surface area contributed by atoms with Crippen molar-refractivity contribution in [3.8, 4) is 17.1 Å². The highest BCUT2D eigenvalue weighted by Crippen LogP contribution is 2.29. The van der Waals surface area contributed by atoms with E-state index >= 15 is 4.39 Å². The van der Waals surface area contributed by atoms with Gasteiger partial charge in [-0.2, -0.15) is 8.78 Å². The van der Waals surface area contributed by atoms with Crippen molar-refractivity contribution in [2.75, 3.05) is 44.3 Å². The molecule has 2 saturated heterocycles. The first-order chi connectivity index (χ1) is 20.5. The Bertz CT molecular complexity index is 1780. The van der Waals surface area contributed by atoms with Gasteiger partial charge in [0.2, 0.25) is 5.89 Å². The van der Waals surface area contributed by atoms with Crippen molar-refractivity contribution in [3.63, 3.8) is 0 Å². The molecule has 14 heteroatoms. The minimum Gasteiger partial charge on any atom is -0.415 e. The molecule has 2 fully saturated rings. The van der Waals surface area contributed by atoms with Gasteiger partial charge in [-0.3, -0.25) is 24.0 Å². The molecule has 0 bridgehead atoms. The average molecular weight is 579 g/mol. The van der Waals surface area contributed by atoms with Crippen molar-refractivity contribution in [3.05, 3.63) is 82.9 Å². The summed E-state index contributed by atoms with van der Waals surface area (Å²) in [6, 6.07) is 10.3. The molecule has 42 heavy (non-hydrogen) atoms. The zero-order chi connectivity index (χ0) is 28.8. The average Bonchev–Trinajstić information content (AvgIpc) is 3.57. The molecule has 0 spiro atoms. The molecule has 0 aliphatic carbocycles. The molecule has 0 unspecified atom stereocenters. The van der Waals surface area contributed by atoms with Crippen LogP contribution in [0.25, 0.3) is 28.2 Å². The van der Waals surface area contributed by atoms with Gasteiger partial charge in [-0.05, 0) is 30.3 Å². The Balaban J connectivity index is 1.23. The van der Waals surface area contributed by atoms with E-state index < -0.39 is 18.1 Å². The van der Waals surface area contributed by atoms with E-state index in [-0.39, 0.29) is 18.1 Å². The van der Waals surface area contributed by atoms with Gasteiger partial charge in [-0.15, -0.1) is 10.2 Å². The number of nitrogens with zero attached hydrogens (tertiary/aromatic N) is 8. The molecule has 4 aromatic heterocycles. The van der Waals surface area contributed by atoms with Crippen LogP contribution in [0.15, 0.2) is 64.2 Å². The van der Waals surface area contributed by atoms with E-state index in [1.54, 1.807) is 42.7 Å². The van der Waals surface area contributed by atoms with Gasteiger partial charge in [-0.25, -0.2) is 9.18 Å². The second-order valence-corrected chi connectivity index (χ2v) is 10.2. The number of anilines is 1. The summed E-state index contributed by atoms with van der Waals surface area (Å²) in [6.07, 6.45) is 1.72. The van der Waals surface area contributed by atoms with E-state index in [1.807, 2.05) is 4.90 Å². The second-order valence-electron chi connectivity index (χ2n) is 10.2. The molecule has 0 radical (unpaired) electrons. The van der Waals surface area contributed by atoms with Crippen LogP contribution in [0, 0.1) is 5.82 Å². The predicted octanol–water partition coefficient (Wildman–Crippen LogP) is 3.28. The van der Waals surface area contributed by atoms with E-state index in [0.717, 1.165) is 26.3 Å². The highest BCUT2D eigenvalue weighted by molar-refractivity contribution is 5.83. The summed E-state index contributed by atoms with van der Waals surface area (Å²) in [4.78, 5) is 26.7. The topological polar surface area (TPSA) is 107 Å². The molecule has 0 amide bonds. The van der Waals surface area contributed by atoms with Crippen molar-refractivity contribution in [2.45, 2.75) is 19.0 Å². The minimum absolute atomic E-state index is 0.0376. The smallest absolute Gasteiger partial charge is 0.334 e. The van der Waals surface area contributed by atoms with Crippen LogP contribution in [-0.4, -0.2) is 79.6 Å². The number of benzene rings is 1. The monoisotopic (exact) mass is 578 g/mol. The summed E-state index contributed by atoms with van der Waals surface area (Å²) in [6.45, 7) is 4.43. The summed E-state index contributed by atoms with van der Waals surface area (Å²) >= 11 is 0. The Labute approximate surface area is 236 Å². The Kier molecular flexibility index (Phi) is 6.70. The SMILES string of the molecule is O=c1n(Cc2ccc(-c3nnc(C(F)F)o3)cn2)c2cc(F)c(N3CCN(C4COC4)CC3)cc2n1-c1cccnc1. The number of rotatable bonds is 7. The summed E-state index contributed by atoms with van der Waals surface area (Å²) < 4.78 is 54.6. The van der Waals surface area contributed by atoms with E-state index in [0.29, 0.717) is 52.8 Å². The van der Waals surface area contributed by atoms with Crippen molar-refractivity contribution in [1.29, 1.82) is 0 Å². The van der Waals surface area contributed by atoms with Crippen LogP contribution in [0.5, 0.6) is 0 Å². The van der Waals surface area contributed by atoms with Crippen LogP contribution in [0.2, 0.25) is 0 Å². The molecule has 0 saturated carbocycles. The number of alkyl halides is 2. The summed E-state index contributed by atoms with van der Waals surface area (Å²) in [5.74, 6) is -1.29. The third-order valence-corrected chi connectivity index (χ3v) is 7.71. The molecular weight excluding hydrogens is 553 g/mol. The van der Waals surface area contributed by atoms with Gasteiger partial charge in [0.15, 0.2) is 0 Å². The number of fused-ring (bicyclic) bond motifs is 1. The molecule has 216 valence electrons. The Morgan fingerprint density at radius 2 is 1.83 bits per heavy atom. The fourth-order valence-corrected chi connectivity index (χ4v) is 5.40. The maximum Gasteiger partial charge on any atom is 0.334 e. The van der Waals surface area contributed by atoms with Crippen LogP contribution in [-0.2, 0) is 11.3 Å². The van der Waals surface area contributed by atoms with E-state index in [2.05, 4.69) is 25.1 Å². The van der Waals surface area contributed by atoms with Crippen molar-refractivity contribution >= 4 is 16.7 Å². The predicted molar refractivity (Wildman–Crippen MR) is 145 cm³/mol. The lowest BCUT2D eigenvalue weighted by Gasteiger charge is -2.43. The molecule has 0 atom stereocenters. The fraction of sp³-hybridized carbons (Fsp3) is 0.321. The van der Waals surface area contributed by atoms with Gasteiger partial charge in [0.25, 0.3) is 5.89 Å². The van der Waals surface area contributed by atoms with Gasteiger partial charge in [0, 0.05) is 44.6 Å². The van der Waals surface area contributed by atoms with Crippen LogP contribution in [0.3, 0.4) is 0 Å². The first-order valence-electron chi connectivity index (χ1n) is 13.4. The summed E-state index contributed by atoms with van der Waals surface area (Å²) in [5, 5.41) is 6.97. The molecule has 0 N–H and O–H groups in total. The zero-order valence-corrected chi connectivity index (χ0v) is 22.2. The lowest BCUT2D eigenvalue weighted by atomic mass is 10.1. The zero-order valence-electron chi connectivity index (χ0n) is 22.2. The molecular formula is C28H25F3N8O3. The van der Waals surface area contributed by atoms with Gasteiger partial charge in [0.05, 0.1) is 65.7 Å². The van der Waals surface area contributed by atoms with Gasteiger partial charge >= 0.3 is 12.1 Å². The maximum atomic E-state index is 15.7. The lowest BCUT2D eigenvalue weighted by Crippen LogP contribution is -2.56. The van der Waals surface area contributed by atoms with Crippen LogP contribution >= 0.6 is 0 Å². The standard InChI is InChI=1S/C28H25F3N8O3/c29-21-10-23-24(11-22(21)37-8-6-36(7-9-37)20-15-41-16-20)39(19-2-1-5-32-13-19)28(40)38(23)14-18-4-3-17(12-33-18)26-34-35-27(42-26)25(30)31/h1-5,10-13,20,25H,6-9,14-16H2. The number of hydrogen-bond donors (Lipinski definition) is 0. The number of ether oxygens (including phenoxy) is 1. The number of aromatic nitrogens is 6. The molecule has 7 rings (SSSR count). The number of halogens is 3. The largest absolute Gasteiger partial charge is 0.415 e. The molecule has 2 aliphatic heterocycles. The second kappa shape index (κ2) is 10.7. The maximum absolute atomic E-state index is 15.7. The molecule has 5 aromatic rings. The van der Waals surface area contributed by atoms with Crippen LogP contribution in [0.1, 0.15) is 18.0 Å². The Hall–Kier alpha value is -4.56.